The zero-order valence-corrected chi connectivity index (χ0v) is 12.7. The largest absolute Gasteiger partial charge is 0.419 e. The van der Waals surface area contributed by atoms with E-state index in [4.69, 9.17) is 16.3 Å². The number of H-pyrrole nitrogens is 1. The van der Waals surface area contributed by atoms with Gasteiger partial charge in [0.1, 0.15) is 0 Å². The van der Waals surface area contributed by atoms with Crippen LogP contribution < -0.4 is 10.1 Å². The van der Waals surface area contributed by atoms with Crippen molar-refractivity contribution >= 4 is 11.6 Å². The molecule has 6 heteroatoms. The summed E-state index contributed by atoms with van der Waals surface area (Å²) in [5.74, 6) is 1.57. The number of ether oxygens (including phenoxy) is 1. The van der Waals surface area contributed by atoms with Crippen molar-refractivity contribution in [3.63, 3.8) is 0 Å². The maximum atomic E-state index is 6.14. The summed E-state index contributed by atoms with van der Waals surface area (Å²) >= 11 is 6.14. The Balaban J connectivity index is 2.03. The molecule has 0 saturated heterocycles. The lowest BCUT2D eigenvalue weighted by atomic mass is 10.2. The van der Waals surface area contributed by atoms with Crippen molar-refractivity contribution in [2.75, 3.05) is 6.54 Å². The number of nitrogens with zero attached hydrogens (tertiary/aromatic N) is 2. The Hall–Kier alpha value is -1.59. The maximum absolute atomic E-state index is 6.14. The second kappa shape index (κ2) is 6.72. The molecule has 0 unspecified atom stereocenters. The van der Waals surface area contributed by atoms with E-state index < -0.39 is 0 Å². The fourth-order valence-corrected chi connectivity index (χ4v) is 1.85. The summed E-state index contributed by atoms with van der Waals surface area (Å²) in [5, 5.41) is 10.8. The van der Waals surface area contributed by atoms with E-state index in [-0.39, 0.29) is 0 Å². The molecule has 5 nitrogen and oxygen atoms in total. The topological polar surface area (TPSA) is 62.8 Å². The number of rotatable bonds is 6. The van der Waals surface area contributed by atoms with Crippen LogP contribution in [0.15, 0.2) is 18.2 Å². The molecule has 0 saturated carbocycles. The lowest BCUT2D eigenvalue weighted by molar-refractivity contribution is 0.440. The number of halogens is 1. The third-order valence-corrected chi connectivity index (χ3v) is 2.97. The van der Waals surface area contributed by atoms with Gasteiger partial charge in [-0.15, -0.1) is 5.10 Å². The molecule has 2 heterocycles. The second-order valence-electron chi connectivity index (χ2n) is 5.09. The minimum absolute atomic E-state index is 0.488. The third kappa shape index (κ3) is 4.21. The average molecular weight is 295 g/mol. The predicted molar refractivity (Wildman–Crippen MR) is 79.2 cm³/mol. The fourth-order valence-electron chi connectivity index (χ4n) is 1.68. The monoisotopic (exact) mass is 294 g/mol. The van der Waals surface area contributed by atoms with Crippen molar-refractivity contribution in [2.24, 2.45) is 5.92 Å². The molecule has 0 bridgehead atoms. The first-order valence-corrected chi connectivity index (χ1v) is 6.98. The lowest BCUT2D eigenvalue weighted by Gasteiger charge is -2.09. The molecule has 2 rings (SSSR count). The van der Waals surface area contributed by atoms with E-state index in [0.717, 1.165) is 17.9 Å². The number of aromatic nitrogens is 3. The van der Waals surface area contributed by atoms with Crippen LogP contribution in [0.2, 0.25) is 5.02 Å². The zero-order valence-electron chi connectivity index (χ0n) is 11.9. The van der Waals surface area contributed by atoms with Crippen LogP contribution in [-0.4, -0.2) is 21.7 Å². The van der Waals surface area contributed by atoms with Crippen molar-refractivity contribution in [1.82, 2.24) is 20.5 Å². The molecule has 20 heavy (non-hydrogen) atoms. The molecule has 0 atom stereocenters. The van der Waals surface area contributed by atoms with E-state index in [1.54, 1.807) is 12.1 Å². The Morgan fingerprint density at radius 3 is 2.80 bits per heavy atom. The summed E-state index contributed by atoms with van der Waals surface area (Å²) in [4.78, 5) is 4.40. The molecule has 0 aliphatic rings. The Bertz CT molecular complexity index is 568. The van der Waals surface area contributed by atoms with Gasteiger partial charge in [0.15, 0.2) is 0 Å². The summed E-state index contributed by atoms with van der Waals surface area (Å²) < 4.78 is 5.58. The standard InChI is InChI=1S/C14H19ClN4O/c1-9(2)7-16-8-12-11(15)4-5-13(17-12)20-14-6-10(3)18-19-14/h4-6,9,16H,7-8H2,1-3H3,(H,18,19). The van der Waals surface area contributed by atoms with Gasteiger partial charge in [-0.05, 0) is 25.5 Å². The number of aryl methyl sites for hydroxylation is 1. The Morgan fingerprint density at radius 1 is 1.35 bits per heavy atom. The van der Waals surface area contributed by atoms with E-state index in [2.05, 4.69) is 34.3 Å². The SMILES string of the molecule is Cc1cc(Oc2ccc(Cl)c(CNCC(C)C)n2)n[nH]1. The summed E-state index contributed by atoms with van der Waals surface area (Å²) in [6, 6.07) is 5.33. The van der Waals surface area contributed by atoms with Gasteiger partial charge in [-0.1, -0.05) is 25.4 Å². The molecule has 2 N–H and O–H groups in total. The summed E-state index contributed by atoms with van der Waals surface area (Å²) in [7, 11) is 0. The van der Waals surface area contributed by atoms with E-state index in [1.807, 2.05) is 13.0 Å². The average Bonchev–Trinajstić information content (AvgIpc) is 2.78. The maximum Gasteiger partial charge on any atom is 0.240 e. The molecular formula is C14H19ClN4O. The van der Waals surface area contributed by atoms with E-state index in [0.29, 0.717) is 29.2 Å². The number of hydrogen-bond donors (Lipinski definition) is 2. The highest BCUT2D eigenvalue weighted by Crippen LogP contribution is 2.22. The Kier molecular flexibility index (Phi) is 4.98. The molecule has 0 aliphatic heterocycles. The van der Waals surface area contributed by atoms with Gasteiger partial charge in [-0.25, -0.2) is 4.98 Å². The van der Waals surface area contributed by atoms with Crippen molar-refractivity contribution in [3.8, 4) is 11.8 Å². The zero-order chi connectivity index (χ0) is 14.5. The van der Waals surface area contributed by atoms with E-state index >= 15 is 0 Å². The molecule has 108 valence electrons. The van der Waals surface area contributed by atoms with Gasteiger partial charge in [0.2, 0.25) is 11.8 Å². The molecule has 2 aromatic heterocycles. The van der Waals surface area contributed by atoms with Crippen LogP contribution in [0.1, 0.15) is 25.2 Å². The Morgan fingerprint density at radius 2 is 2.15 bits per heavy atom. The van der Waals surface area contributed by atoms with Gasteiger partial charge in [0.05, 0.1) is 10.7 Å². The number of hydrogen-bond acceptors (Lipinski definition) is 4. The van der Waals surface area contributed by atoms with Crippen LogP contribution in [0, 0.1) is 12.8 Å². The highest BCUT2D eigenvalue weighted by Gasteiger charge is 2.07. The summed E-state index contributed by atoms with van der Waals surface area (Å²) in [6.45, 7) is 7.76. The molecule has 0 fully saturated rings. The van der Waals surface area contributed by atoms with Crippen LogP contribution in [0.25, 0.3) is 0 Å². The van der Waals surface area contributed by atoms with Crippen molar-refractivity contribution < 1.29 is 4.74 Å². The molecule has 0 radical (unpaired) electrons. The van der Waals surface area contributed by atoms with E-state index in [9.17, 15) is 0 Å². The van der Waals surface area contributed by atoms with Gasteiger partial charge in [-0.2, -0.15) is 0 Å². The van der Waals surface area contributed by atoms with Crippen LogP contribution in [0.3, 0.4) is 0 Å². The number of nitrogens with one attached hydrogen (secondary N) is 2. The minimum Gasteiger partial charge on any atom is -0.419 e. The van der Waals surface area contributed by atoms with Gasteiger partial charge in [0, 0.05) is 24.4 Å². The highest BCUT2D eigenvalue weighted by atomic mass is 35.5. The quantitative estimate of drug-likeness (QED) is 0.858. The highest BCUT2D eigenvalue weighted by molar-refractivity contribution is 6.31. The second-order valence-corrected chi connectivity index (χ2v) is 5.50. The molecule has 0 amide bonds. The minimum atomic E-state index is 0.488. The van der Waals surface area contributed by atoms with Gasteiger partial charge in [-0.3, -0.25) is 5.10 Å². The first-order chi connectivity index (χ1) is 9.54. The van der Waals surface area contributed by atoms with E-state index in [1.165, 1.54) is 0 Å². The van der Waals surface area contributed by atoms with Crippen LogP contribution in [-0.2, 0) is 6.54 Å². The van der Waals surface area contributed by atoms with Crippen molar-refractivity contribution in [1.29, 1.82) is 0 Å². The fraction of sp³-hybridized carbons (Fsp3) is 0.429. The predicted octanol–water partition coefficient (Wildman–Crippen LogP) is 3.30. The van der Waals surface area contributed by atoms with Crippen LogP contribution >= 0.6 is 11.6 Å². The molecule has 2 aromatic rings. The van der Waals surface area contributed by atoms with Gasteiger partial charge >= 0.3 is 0 Å². The summed E-state index contributed by atoms with van der Waals surface area (Å²) in [5.41, 5.74) is 1.71. The number of pyridine rings is 1. The van der Waals surface area contributed by atoms with Crippen molar-refractivity contribution in [2.45, 2.75) is 27.3 Å². The molecule has 0 spiro atoms. The third-order valence-electron chi connectivity index (χ3n) is 2.63. The first kappa shape index (κ1) is 14.8. The molecular weight excluding hydrogens is 276 g/mol. The number of aromatic amines is 1. The normalized spacial score (nSPS) is 11.1. The van der Waals surface area contributed by atoms with Gasteiger partial charge < -0.3 is 10.1 Å². The van der Waals surface area contributed by atoms with Crippen LogP contribution in [0.4, 0.5) is 0 Å². The lowest BCUT2D eigenvalue weighted by Crippen LogP contribution is -2.19. The molecule has 0 aliphatic carbocycles. The first-order valence-electron chi connectivity index (χ1n) is 6.60. The van der Waals surface area contributed by atoms with Crippen LogP contribution in [0.5, 0.6) is 11.8 Å². The van der Waals surface area contributed by atoms with Gasteiger partial charge in [0.25, 0.3) is 0 Å². The summed E-state index contributed by atoms with van der Waals surface area (Å²) in [6.07, 6.45) is 0. The smallest absolute Gasteiger partial charge is 0.240 e. The molecule has 0 aromatic carbocycles. The van der Waals surface area contributed by atoms with Crippen molar-refractivity contribution in [3.05, 3.63) is 34.6 Å². The Labute approximate surface area is 123 Å².